The summed E-state index contributed by atoms with van der Waals surface area (Å²) in [6.07, 6.45) is 4.47. The number of primary amides is 1. The predicted molar refractivity (Wildman–Crippen MR) is 87.4 cm³/mol. The van der Waals surface area contributed by atoms with Crippen LogP contribution in [0.25, 0.3) is 0 Å². The first-order valence-corrected chi connectivity index (χ1v) is 8.38. The highest BCUT2D eigenvalue weighted by molar-refractivity contribution is 7.99. The van der Waals surface area contributed by atoms with Crippen LogP contribution in [-0.4, -0.2) is 39.9 Å². The van der Waals surface area contributed by atoms with Gasteiger partial charge >= 0.3 is 0 Å². The number of amides is 1. The van der Waals surface area contributed by atoms with Crippen LogP contribution in [0.3, 0.4) is 0 Å². The summed E-state index contributed by atoms with van der Waals surface area (Å²) < 4.78 is 0. The van der Waals surface area contributed by atoms with Crippen molar-refractivity contribution >= 4 is 29.2 Å². The van der Waals surface area contributed by atoms with Crippen molar-refractivity contribution in [3.63, 3.8) is 0 Å². The third-order valence-corrected chi connectivity index (χ3v) is 4.85. The second-order valence-corrected chi connectivity index (χ2v) is 6.78. The van der Waals surface area contributed by atoms with Crippen molar-refractivity contribution in [2.75, 3.05) is 23.7 Å². The number of hydrogen-bond donors (Lipinski definition) is 1. The first-order valence-electron chi connectivity index (χ1n) is 7.33. The second kappa shape index (κ2) is 7.44. The Morgan fingerprint density at radius 1 is 1.59 bits per heavy atom. The van der Waals surface area contributed by atoms with E-state index in [1.165, 1.54) is 12.3 Å². The van der Waals surface area contributed by atoms with E-state index in [2.05, 4.69) is 11.9 Å². The summed E-state index contributed by atoms with van der Waals surface area (Å²) in [5, 5.41) is 11.3. The number of nitro groups is 1. The molecule has 22 heavy (non-hydrogen) atoms. The summed E-state index contributed by atoms with van der Waals surface area (Å²) in [4.78, 5) is 28.1. The average Bonchev–Trinajstić information content (AvgIpc) is 2.72. The molecule has 1 aromatic rings. The Bertz CT molecular complexity index is 567. The van der Waals surface area contributed by atoms with E-state index >= 15 is 0 Å². The van der Waals surface area contributed by atoms with Crippen LogP contribution in [0.2, 0.25) is 0 Å². The van der Waals surface area contributed by atoms with Crippen molar-refractivity contribution in [2.45, 2.75) is 31.4 Å². The summed E-state index contributed by atoms with van der Waals surface area (Å²) in [5.41, 5.74) is 5.30. The van der Waals surface area contributed by atoms with Crippen LogP contribution in [0, 0.1) is 10.1 Å². The summed E-state index contributed by atoms with van der Waals surface area (Å²) in [5.74, 6) is 0.811. The molecule has 0 radical (unpaired) electrons. The zero-order chi connectivity index (χ0) is 16.1. The maximum atomic E-state index is 11.7. The van der Waals surface area contributed by atoms with Gasteiger partial charge in [-0.05, 0) is 18.6 Å². The molecule has 2 heterocycles. The van der Waals surface area contributed by atoms with Crippen LogP contribution < -0.4 is 10.6 Å². The third-order valence-electron chi connectivity index (χ3n) is 3.66. The molecule has 120 valence electrons. The highest BCUT2D eigenvalue weighted by Gasteiger charge is 2.24. The second-order valence-electron chi connectivity index (χ2n) is 5.21. The van der Waals surface area contributed by atoms with Gasteiger partial charge in [-0.3, -0.25) is 14.9 Å². The Balaban J connectivity index is 2.33. The SMILES string of the molecule is CCSC1CCCCN(c2ncc([N+](=O)[O-])cc2C(N)=O)C1. The quantitative estimate of drug-likeness (QED) is 0.658. The fraction of sp³-hybridized carbons (Fsp3) is 0.571. The molecule has 0 saturated carbocycles. The highest BCUT2D eigenvalue weighted by atomic mass is 32.2. The molecule has 0 spiro atoms. The minimum absolute atomic E-state index is 0.122. The maximum Gasteiger partial charge on any atom is 0.288 e. The summed E-state index contributed by atoms with van der Waals surface area (Å²) in [6.45, 7) is 3.69. The van der Waals surface area contributed by atoms with Gasteiger partial charge < -0.3 is 10.6 Å². The maximum absolute atomic E-state index is 11.7. The first-order chi connectivity index (χ1) is 10.5. The number of anilines is 1. The number of thioether (sulfide) groups is 1. The van der Waals surface area contributed by atoms with Gasteiger partial charge in [-0.25, -0.2) is 4.98 Å². The predicted octanol–water partition coefficient (Wildman–Crippen LogP) is 2.20. The van der Waals surface area contributed by atoms with Gasteiger partial charge in [0.25, 0.3) is 11.6 Å². The van der Waals surface area contributed by atoms with Gasteiger partial charge in [0.05, 0.1) is 10.5 Å². The fourth-order valence-corrected chi connectivity index (χ4v) is 3.74. The van der Waals surface area contributed by atoms with E-state index in [4.69, 9.17) is 5.73 Å². The van der Waals surface area contributed by atoms with Crippen LogP contribution >= 0.6 is 11.8 Å². The smallest absolute Gasteiger partial charge is 0.288 e. The van der Waals surface area contributed by atoms with Crippen molar-refractivity contribution in [1.29, 1.82) is 0 Å². The van der Waals surface area contributed by atoms with Crippen LogP contribution in [0.4, 0.5) is 11.5 Å². The summed E-state index contributed by atoms with van der Waals surface area (Å²) in [7, 11) is 0. The van der Waals surface area contributed by atoms with Crippen molar-refractivity contribution in [2.24, 2.45) is 5.73 Å². The molecule has 1 aromatic heterocycles. The Labute approximate surface area is 133 Å². The van der Waals surface area contributed by atoms with E-state index in [0.29, 0.717) is 11.1 Å². The van der Waals surface area contributed by atoms with E-state index in [1.54, 1.807) is 0 Å². The monoisotopic (exact) mass is 324 g/mol. The standard InChI is InChI=1S/C14H20N4O3S/c1-2-22-11-5-3-4-6-17(9-11)14-12(13(15)19)7-10(8-16-14)18(20)21/h7-8,11H,2-6,9H2,1H3,(H2,15,19). The summed E-state index contributed by atoms with van der Waals surface area (Å²) in [6, 6.07) is 1.22. The fourth-order valence-electron chi connectivity index (χ4n) is 2.65. The lowest BCUT2D eigenvalue weighted by atomic mass is 10.2. The molecule has 0 aromatic carbocycles. The van der Waals surface area contributed by atoms with Gasteiger partial charge in [-0.1, -0.05) is 13.3 Å². The van der Waals surface area contributed by atoms with Crippen molar-refractivity contribution < 1.29 is 9.72 Å². The number of aromatic nitrogens is 1. The molecule has 0 aliphatic carbocycles. The number of pyridine rings is 1. The lowest BCUT2D eigenvalue weighted by Crippen LogP contribution is -2.32. The normalized spacial score (nSPS) is 18.8. The number of rotatable bonds is 5. The largest absolute Gasteiger partial charge is 0.365 e. The zero-order valence-electron chi connectivity index (χ0n) is 12.5. The number of carbonyl (C=O) groups excluding carboxylic acids is 1. The molecule has 1 atom stereocenters. The first kappa shape index (κ1) is 16.5. The molecular weight excluding hydrogens is 304 g/mol. The third kappa shape index (κ3) is 3.88. The van der Waals surface area contributed by atoms with Crippen LogP contribution in [0.1, 0.15) is 36.5 Å². The van der Waals surface area contributed by atoms with Gasteiger partial charge in [0, 0.05) is 24.4 Å². The molecule has 0 bridgehead atoms. The lowest BCUT2D eigenvalue weighted by Gasteiger charge is -2.26. The average molecular weight is 324 g/mol. The van der Waals surface area contributed by atoms with Crippen molar-refractivity contribution in [1.82, 2.24) is 4.98 Å². The number of nitrogens with two attached hydrogens (primary N) is 1. The van der Waals surface area contributed by atoms with Crippen LogP contribution in [0.15, 0.2) is 12.3 Å². The minimum atomic E-state index is -0.685. The van der Waals surface area contributed by atoms with Crippen molar-refractivity contribution in [3.05, 3.63) is 27.9 Å². The molecule has 8 heteroatoms. The molecule has 1 amide bonds. The van der Waals surface area contributed by atoms with E-state index in [0.717, 1.165) is 38.1 Å². The van der Waals surface area contributed by atoms with Gasteiger partial charge in [-0.2, -0.15) is 11.8 Å². The molecule has 2 N–H and O–H groups in total. The number of nitrogens with zero attached hydrogens (tertiary/aromatic N) is 3. The molecule has 2 rings (SSSR count). The van der Waals surface area contributed by atoms with E-state index in [1.807, 2.05) is 16.7 Å². The van der Waals surface area contributed by atoms with Crippen LogP contribution in [-0.2, 0) is 0 Å². The lowest BCUT2D eigenvalue weighted by molar-refractivity contribution is -0.385. The van der Waals surface area contributed by atoms with Crippen molar-refractivity contribution in [3.8, 4) is 0 Å². The van der Waals surface area contributed by atoms with E-state index < -0.39 is 10.8 Å². The van der Waals surface area contributed by atoms with E-state index in [9.17, 15) is 14.9 Å². The Hall–Kier alpha value is -1.83. The molecule has 7 nitrogen and oxygen atoms in total. The topological polar surface area (TPSA) is 102 Å². The molecule has 1 unspecified atom stereocenters. The Kier molecular flexibility index (Phi) is 5.59. The molecule has 1 aliphatic heterocycles. The molecular formula is C14H20N4O3S. The Morgan fingerprint density at radius 3 is 3.00 bits per heavy atom. The Morgan fingerprint density at radius 2 is 2.36 bits per heavy atom. The van der Waals surface area contributed by atoms with E-state index in [-0.39, 0.29) is 11.3 Å². The van der Waals surface area contributed by atoms with Gasteiger partial charge in [-0.15, -0.1) is 0 Å². The minimum Gasteiger partial charge on any atom is -0.365 e. The molecule has 1 aliphatic rings. The van der Waals surface area contributed by atoms with Gasteiger partial charge in [0.2, 0.25) is 0 Å². The number of carbonyl (C=O) groups is 1. The van der Waals surface area contributed by atoms with Gasteiger partial charge in [0.15, 0.2) is 0 Å². The van der Waals surface area contributed by atoms with Crippen LogP contribution in [0.5, 0.6) is 0 Å². The molecule has 1 fully saturated rings. The number of hydrogen-bond acceptors (Lipinski definition) is 6. The molecule has 1 saturated heterocycles. The highest BCUT2D eigenvalue weighted by Crippen LogP contribution is 2.28. The van der Waals surface area contributed by atoms with Gasteiger partial charge in [0.1, 0.15) is 12.0 Å². The zero-order valence-corrected chi connectivity index (χ0v) is 13.3. The summed E-state index contributed by atoms with van der Waals surface area (Å²) >= 11 is 1.89.